The highest BCUT2D eigenvalue weighted by Gasteiger charge is 2.19. The van der Waals surface area contributed by atoms with E-state index in [1.54, 1.807) is 0 Å². The number of hydrogen-bond acceptors (Lipinski definition) is 2. The molecule has 1 saturated carbocycles. The van der Waals surface area contributed by atoms with Gasteiger partial charge in [0.1, 0.15) is 0 Å². The summed E-state index contributed by atoms with van der Waals surface area (Å²) in [6, 6.07) is 8.23. The minimum absolute atomic E-state index is 0.242. The number of nitrogens with one attached hydrogen (secondary N) is 1. The largest absolute Gasteiger partial charge is 0.317 e. The lowest BCUT2D eigenvalue weighted by Gasteiger charge is -2.25. The lowest BCUT2D eigenvalue weighted by molar-refractivity contribution is 0.0983. The van der Waals surface area contributed by atoms with Gasteiger partial charge in [-0.05, 0) is 30.9 Å². The highest BCUT2D eigenvalue weighted by Crippen LogP contribution is 2.36. The molecule has 0 spiro atoms. The minimum Gasteiger partial charge on any atom is -0.317 e. The number of Topliss-reactive ketones (excluding diaryl/α,β-unsaturated/α-hetero) is 1. The summed E-state index contributed by atoms with van der Waals surface area (Å²) in [5, 5.41) is 3.18. The Balaban J connectivity index is 1.90. The summed E-state index contributed by atoms with van der Waals surface area (Å²) >= 11 is 0. The van der Waals surface area contributed by atoms with Gasteiger partial charge in [0, 0.05) is 18.5 Å². The van der Waals surface area contributed by atoms with Gasteiger partial charge in [-0.15, -0.1) is 0 Å². The molecular formula is C15H21NO. The van der Waals surface area contributed by atoms with Crippen LogP contribution in [0.4, 0.5) is 0 Å². The second-order valence-corrected chi connectivity index (χ2v) is 4.78. The minimum atomic E-state index is 0.242. The molecule has 2 heteroatoms. The Labute approximate surface area is 103 Å². The summed E-state index contributed by atoms with van der Waals surface area (Å²) in [6.07, 6.45) is 4.58. The Morgan fingerprint density at radius 3 is 2.53 bits per heavy atom. The maximum Gasteiger partial charge on any atom is 0.164 e. The van der Waals surface area contributed by atoms with E-state index in [4.69, 9.17) is 0 Å². The third-order valence-electron chi connectivity index (χ3n) is 3.59. The molecule has 1 aliphatic rings. The topological polar surface area (TPSA) is 29.1 Å². The normalized spacial score (nSPS) is 15.6. The fourth-order valence-electron chi connectivity index (χ4n) is 2.21. The van der Waals surface area contributed by atoms with Gasteiger partial charge in [-0.2, -0.15) is 0 Å². The third kappa shape index (κ3) is 3.16. The second kappa shape index (κ2) is 5.97. The van der Waals surface area contributed by atoms with E-state index in [0.717, 1.165) is 24.6 Å². The average Bonchev–Trinajstić information content (AvgIpc) is 2.28. The molecule has 17 heavy (non-hydrogen) atoms. The van der Waals surface area contributed by atoms with Crippen molar-refractivity contribution in [2.45, 2.75) is 38.5 Å². The molecule has 1 aromatic rings. The monoisotopic (exact) mass is 231 g/mol. The Kier molecular flexibility index (Phi) is 4.32. The fourth-order valence-corrected chi connectivity index (χ4v) is 2.21. The van der Waals surface area contributed by atoms with Crippen molar-refractivity contribution >= 4 is 5.78 Å². The van der Waals surface area contributed by atoms with Crippen LogP contribution in [-0.2, 0) is 0 Å². The first-order valence-corrected chi connectivity index (χ1v) is 6.65. The molecule has 0 atom stereocenters. The van der Waals surface area contributed by atoms with E-state index in [-0.39, 0.29) is 5.78 Å². The highest BCUT2D eigenvalue weighted by atomic mass is 16.1. The summed E-state index contributed by atoms with van der Waals surface area (Å²) in [5.41, 5.74) is 2.26. The third-order valence-corrected chi connectivity index (χ3v) is 3.59. The summed E-state index contributed by atoms with van der Waals surface area (Å²) in [7, 11) is 0. The number of carbonyl (C=O) groups is 1. The standard InChI is InChI=1S/C15H21NO/c1-2-16-11-10-15(17)14-8-6-13(7-9-14)12-4-3-5-12/h6-9,12,16H,2-5,10-11H2,1H3. The molecule has 0 amide bonds. The second-order valence-electron chi connectivity index (χ2n) is 4.78. The van der Waals surface area contributed by atoms with Gasteiger partial charge in [-0.3, -0.25) is 4.79 Å². The van der Waals surface area contributed by atoms with Gasteiger partial charge in [0.15, 0.2) is 5.78 Å². The highest BCUT2D eigenvalue weighted by molar-refractivity contribution is 5.96. The zero-order valence-electron chi connectivity index (χ0n) is 10.5. The van der Waals surface area contributed by atoms with Crippen LogP contribution in [0.2, 0.25) is 0 Å². The molecule has 2 nitrogen and oxygen atoms in total. The lowest BCUT2D eigenvalue weighted by Crippen LogP contribution is -2.17. The van der Waals surface area contributed by atoms with E-state index in [0.29, 0.717) is 6.42 Å². The maximum atomic E-state index is 11.8. The maximum absolute atomic E-state index is 11.8. The van der Waals surface area contributed by atoms with Crippen LogP contribution in [0.5, 0.6) is 0 Å². The van der Waals surface area contributed by atoms with Crippen molar-refractivity contribution in [3.05, 3.63) is 35.4 Å². The van der Waals surface area contributed by atoms with Gasteiger partial charge in [-0.25, -0.2) is 0 Å². The molecule has 0 unspecified atom stereocenters. The molecule has 0 radical (unpaired) electrons. The van der Waals surface area contributed by atoms with E-state index in [1.165, 1.54) is 24.8 Å². The van der Waals surface area contributed by atoms with E-state index in [1.807, 2.05) is 12.1 Å². The Morgan fingerprint density at radius 1 is 1.29 bits per heavy atom. The zero-order valence-corrected chi connectivity index (χ0v) is 10.5. The van der Waals surface area contributed by atoms with Crippen LogP contribution < -0.4 is 5.32 Å². The molecule has 92 valence electrons. The molecule has 1 fully saturated rings. The first-order chi connectivity index (χ1) is 8.31. The number of benzene rings is 1. The molecule has 2 rings (SSSR count). The van der Waals surface area contributed by atoms with E-state index >= 15 is 0 Å². The van der Waals surface area contributed by atoms with Crippen LogP contribution in [0.25, 0.3) is 0 Å². The quantitative estimate of drug-likeness (QED) is 0.602. The first-order valence-electron chi connectivity index (χ1n) is 6.65. The first kappa shape index (κ1) is 12.3. The average molecular weight is 231 g/mol. The van der Waals surface area contributed by atoms with Gasteiger partial charge in [0.2, 0.25) is 0 Å². The molecule has 1 aliphatic carbocycles. The molecule has 1 aromatic carbocycles. The summed E-state index contributed by atoms with van der Waals surface area (Å²) in [6.45, 7) is 3.76. The lowest BCUT2D eigenvalue weighted by atomic mass is 9.80. The van der Waals surface area contributed by atoms with Crippen molar-refractivity contribution in [2.24, 2.45) is 0 Å². The number of ketones is 1. The molecule has 0 aliphatic heterocycles. The van der Waals surface area contributed by atoms with Crippen LogP contribution in [0, 0.1) is 0 Å². The Hall–Kier alpha value is -1.15. The van der Waals surface area contributed by atoms with Crippen LogP contribution in [-0.4, -0.2) is 18.9 Å². The summed E-state index contributed by atoms with van der Waals surface area (Å²) in [5.74, 6) is 0.993. The van der Waals surface area contributed by atoms with E-state index in [9.17, 15) is 4.79 Å². The van der Waals surface area contributed by atoms with Gasteiger partial charge < -0.3 is 5.32 Å². The molecule has 0 heterocycles. The summed E-state index contributed by atoms with van der Waals surface area (Å²) in [4.78, 5) is 11.8. The van der Waals surface area contributed by atoms with Crippen LogP contribution in [0.3, 0.4) is 0 Å². The van der Waals surface area contributed by atoms with Crippen molar-refractivity contribution in [3.8, 4) is 0 Å². The van der Waals surface area contributed by atoms with Crippen molar-refractivity contribution < 1.29 is 4.79 Å². The molecule has 1 N–H and O–H groups in total. The SMILES string of the molecule is CCNCCC(=O)c1ccc(C2CCC2)cc1. The van der Waals surface area contributed by atoms with Crippen molar-refractivity contribution in [3.63, 3.8) is 0 Å². The van der Waals surface area contributed by atoms with Crippen molar-refractivity contribution in [2.75, 3.05) is 13.1 Å². The number of hydrogen-bond donors (Lipinski definition) is 1. The number of carbonyl (C=O) groups excluding carboxylic acids is 1. The van der Waals surface area contributed by atoms with Gasteiger partial charge >= 0.3 is 0 Å². The predicted molar refractivity (Wildman–Crippen MR) is 70.5 cm³/mol. The Morgan fingerprint density at radius 2 is 2.00 bits per heavy atom. The van der Waals surface area contributed by atoms with Gasteiger partial charge in [0.25, 0.3) is 0 Å². The molecular weight excluding hydrogens is 210 g/mol. The van der Waals surface area contributed by atoms with E-state index < -0.39 is 0 Å². The molecule has 0 bridgehead atoms. The smallest absolute Gasteiger partial charge is 0.164 e. The van der Waals surface area contributed by atoms with Crippen LogP contribution in [0.15, 0.2) is 24.3 Å². The van der Waals surface area contributed by atoms with Crippen molar-refractivity contribution in [1.82, 2.24) is 5.32 Å². The molecule has 0 saturated heterocycles. The Bertz CT molecular complexity index is 365. The zero-order chi connectivity index (χ0) is 12.1. The fraction of sp³-hybridized carbons (Fsp3) is 0.533. The predicted octanol–water partition coefficient (Wildman–Crippen LogP) is 3.14. The van der Waals surface area contributed by atoms with E-state index in [2.05, 4.69) is 24.4 Å². The van der Waals surface area contributed by atoms with Gasteiger partial charge in [-0.1, -0.05) is 37.6 Å². The van der Waals surface area contributed by atoms with Crippen molar-refractivity contribution in [1.29, 1.82) is 0 Å². The summed E-state index contributed by atoms with van der Waals surface area (Å²) < 4.78 is 0. The molecule has 0 aromatic heterocycles. The number of rotatable bonds is 6. The van der Waals surface area contributed by atoms with Crippen LogP contribution >= 0.6 is 0 Å². The van der Waals surface area contributed by atoms with Crippen LogP contribution in [0.1, 0.15) is 54.4 Å². The van der Waals surface area contributed by atoms with Gasteiger partial charge in [0.05, 0.1) is 0 Å².